The first-order valence-corrected chi connectivity index (χ1v) is 12.3. The summed E-state index contributed by atoms with van der Waals surface area (Å²) in [7, 11) is 1.46. The quantitative estimate of drug-likeness (QED) is 0.162. The normalized spacial score (nSPS) is 14.5. The van der Waals surface area contributed by atoms with Crippen molar-refractivity contribution in [2.24, 2.45) is 5.92 Å². The maximum absolute atomic E-state index is 12.7. The summed E-state index contributed by atoms with van der Waals surface area (Å²) in [5.41, 5.74) is 1.27. The van der Waals surface area contributed by atoms with Crippen LogP contribution in [0.15, 0.2) is 45.8 Å². The van der Waals surface area contributed by atoms with Gasteiger partial charge in [-0.2, -0.15) is 0 Å². The SMILES string of the molecule is COc1cc(/C=C2/SC(=O)N(CC(=O)OCC(C)C)C2=O)c(Br)cc1OCc1ccc([N+](=O)[O-])cc1. The summed E-state index contributed by atoms with van der Waals surface area (Å²) >= 11 is 4.18. The zero-order valence-electron chi connectivity index (χ0n) is 19.7. The van der Waals surface area contributed by atoms with Gasteiger partial charge in [0, 0.05) is 16.6 Å². The zero-order chi connectivity index (χ0) is 26.4. The predicted octanol–water partition coefficient (Wildman–Crippen LogP) is 5.18. The van der Waals surface area contributed by atoms with E-state index >= 15 is 0 Å². The number of non-ortho nitro benzene ring substituents is 1. The second-order valence-corrected chi connectivity index (χ2v) is 9.93. The highest BCUT2D eigenvalue weighted by molar-refractivity contribution is 9.10. The lowest BCUT2D eigenvalue weighted by Gasteiger charge is -2.13. The molecule has 0 aliphatic carbocycles. The van der Waals surface area contributed by atoms with E-state index in [-0.39, 0.29) is 29.7 Å². The molecule has 2 aromatic rings. The van der Waals surface area contributed by atoms with Crippen LogP contribution in [0.5, 0.6) is 11.5 Å². The van der Waals surface area contributed by atoms with Crippen LogP contribution in [0.25, 0.3) is 6.08 Å². The number of carbonyl (C=O) groups is 3. The van der Waals surface area contributed by atoms with E-state index in [1.807, 2.05) is 13.8 Å². The second-order valence-electron chi connectivity index (χ2n) is 8.08. The molecule has 2 amide bonds. The van der Waals surface area contributed by atoms with Gasteiger partial charge in [-0.3, -0.25) is 29.4 Å². The number of amides is 2. The van der Waals surface area contributed by atoms with Crippen molar-refractivity contribution >= 4 is 56.6 Å². The van der Waals surface area contributed by atoms with Crippen LogP contribution in [0.3, 0.4) is 0 Å². The third-order valence-electron chi connectivity index (χ3n) is 4.85. The first kappa shape index (κ1) is 27.2. The number of nitrogens with zero attached hydrogens (tertiary/aromatic N) is 2. The summed E-state index contributed by atoms with van der Waals surface area (Å²) in [6, 6.07) is 9.28. The van der Waals surface area contributed by atoms with Crippen molar-refractivity contribution < 1.29 is 33.5 Å². The number of imide groups is 1. The molecular formula is C24H23BrN2O8S. The van der Waals surface area contributed by atoms with Gasteiger partial charge in [0.1, 0.15) is 13.2 Å². The van der Waals surface area contributed by atoms with E-state index < -0.39 is 28.6 Å². The summed E-state index contributed by atoms with van der Waals surface area (Å²) in [5.74, 6) is -0.318. The van der Waals surface area contributed by atoms with Crippen molar-refractivity contribution in [2.75, 3.05) is 20.3 Å². The molecule has 3 rings (SSSR count). The Labute approximate surface area is 219 Å². The number of nitro groups is 1. The topological polar surface area (TPSA) is 125 Å². The lowest BCUT2D eigenvalue weighted by molar-refractivity contribution is -0.384. The Hall–Kier alpha value is -3.38. The molecule has 10 nitrogen and oxygen atoms in total. The summed E-state index contributed by atoms with van der Waals surface area (Å²) < 4.78 is 16.9. The van der Waals surface area contributed by atoms with Gasteiger partial charge in [0.15, 0.2) is 11.5 Å². The molecule has 36 heavy (non-hydrogen) atoms. The fraction of sp³-hybridized carbons (Fsp3) is 0.292. The summed E-state index contributed by atoms with van der Waals surface area (Å²) in [6.45, 7) is 3.67. The molecule has 1 saturated heterocycles. The van der Waals surface area contributed by atoms with E-state index in [0.29, 0.717) is 21.5 Å². The molecule has 0 radical (unpaired) electrons. The number of hydrogen-bond acceptors (Lipinski definition) is 9. The molecular weight excluding hydrogens is 556 g/mol. The molecule has 1 aliphatic heterocycles. The highest BCUT2D eigenvalue weighted by Crippen LogP contribution is 2.38. The average Bonchev–Trinajstić information content (AvgIpc) is 3.10. The van der Waals surface area contributed by atoms with Crippen molar-refractivity contribution in [3.05, 3.63) is 67.0 Å². The number of rotatable bonds is 10. The predicted molar refractivity (Wildman–Crippen MR) is 137 cm³/mol. The van der Waals surface area contributed by atoms with Crippen LogP contribution in [-0.2, 0) is 20.9 Å². The number of methoxy groups -OCH3 is 1. The third-order valence-corrected chi connectivity index (χ3v) is 6.44. The Morgan fingerprint density at radius 3 is 2.50 bits per heavy atom. The fourth-order valence-electron chi connectivity index (χ4n) is 3.02. The molecule has 12 heteroatoms. The Balaban J connectivity index is 1.73. The Morgan fingerprint density at radius 1 is 1.19 bits per heavy atom. The first-order valence-electron chi connectivity index (χ1n) is 10.7. The van der Waals surface area contributed by atoms with E-state index in [2.05, 4.69) is 15.9 Å². The van der Waals surface area contributed by atoms with Crippen LogP contribution in [-0.4, -0.2) is 47.2 Å². The molecule has 0 spiro atoms. The Kier molecular flexibility index (Phi) is 9.10. The largest absolute Gasteiger partial charge is 0.493 e. The van der Waals surface area contributed by atoms with Crippen molar-refractivity contribution in [1.82, 2.24) is 4.90 Å². The van der Waals surface area contributed by atoms with E-state index in [4.69, 9.17) is 14.2 Å². The van der Waals surface area contributed by atoms with Crippen LogP contribution >= 0.6 is 27.7 Å². The van der Waals surface area contributed by atoms with E-state index in [1.165, 1.54) is 25.3 Å². The molecule has 1 heterocycles. The smallest absolute Gasteiger partial charge is 0.326 e. The number of carbonyl (C=O) groups excluding carboxylic acids is 3. The molecule has 0 N–H and O–H groups in total. The number of esters is 1. The molecule has 2 aromatic carbocycles. The number of ether oxygens (including phenoxy) is 3. The summed E-state index contributed by atoms with van der Waals surface area (Å²) in [4.78, 5) is 48.4. The molecule has 1 aliphatic rings. The number of benzene rings is 2. The van der Waals surface area contributed by atoms with Crippen LogP contribution in [0, 0.1) is 16.0 Å². The molecule has 0 atom stereocenters. The highest BCUT2D eigenvalue weighted by atomic mass is 79.9. The number of nitro benzene ring substituents is 1. The van der Waals surface area contributed by atoms with Crippen LogP contribution in [0.1, 0.15) is 25.0 Å². The molecule has 0 bridgehead atoms. The van der Waals surface area contributed by atoms with E-state index in [9.17, 15) is 24.5 Å². The Bertz CT molecular complexity index is 1210. The zero-order valence-corrected chi connectivity index (χ0v) is 22.1. The maximum Gasteiger partial charge on any atom is 0.326 e. The maximum atomic E-state index is 12.7. The van der Waals surface area contributed by atoms with Crippen molar-refractivity contribution in [1.29, 1.82) is 0 Å². The molecule has 1 fully saturated rings. The van der Waals surface area contributed by atoms with Crippen molar-refractivity contribution in [3.8, 4) is 11.5 Å². The summed E-state index contributed by atoms with van der Waals surface area (Å²) in [6.07, 6.45) is 1.52. The van der Waals surface area contributed by atoms with E-state index in [0.717, 1.165) is 22.2 Å². The van der Waals surface area contributed by atoms with Crippen molar-refractivity contribution in [2.45, 2.75) is 20.5 Å². The number of halogens is 1. The van der Waals surface area contributed by atoms with Gasteiger partial charge >= 0.3 is 5.97 Å². The van der Waals surface area contributed by atoms with Crippen LogP contribution < -0.4 is 9.47 Å². The van der Waals surface area contributed by atoms with Gasteiger partial charge in [-0.05, 0) is 59.1 Å². The van der Waals surface area contributed by atoms with Crippen LogP contribution in [0.4, 0.5) is 10.5 Å². The standard InChI is InChI=1S/C24H23BrN2O8S/c1-14(2)12-35-22(28)11-26-23(29)21(36-24(26)30)9-16-8-19(33-3)20(10-18(16)25)34-13-15-4-6-17(7-5-15)27(31)32/h4-10,14H,11-13H2,1-3H3/b21-9+. The monoisotopic (exact) mass is 578 g/mol. The minimum Gasteiger partial charge on any atom is -0.493 e. The highest BCUT2D eigenvalue weighted by Gasteiger charge is 2.37. The van der Waals surface area contributed by atoms with Gasteiger partial charge in [0.25, 0.3) is 16.8 Å². The lowest BCUT2D eigenvalue weighted by atomic mass is 10.1. The molecule has 0 aromatic heterocycles. The fourth-order valence-corrected chi connectivity index (χ4v) is 4.29. The summed E-state index contributed by atoms with van der Waals surface area (Å²) in [5, 5.41) is 10.2. The molecule has 0 unspecified atom stereocenters. The lowest BCUT2D eigenvalue weighted by Crippen LogP contribution is -2.34. The minimum atomic E-state index is -0.648. The number of hydrogen-bond donors (Lipinski definition) is 0. The van der Waals surface area contributed by atoms with Gasteiger partial charge in [0.05, 0.1) is 23.5 Å². The number of thioether (sulfide) groups is 1. The Morgan fingerprint density at radius 2 is 1.89 bits per heavy atom. The van der Waals surface area contributed by atoms with Gasteiger partial charge in [-0.15, -0.1) is 0 Å². The van der Waals surface area contributed by atoms with E-state index in [1.54, 1.807) is 24.3 Å². The molecule has 0 saturated carbocycles. The van der Waals surface area contributed by atoms with Gasteiger partial charge in [-0.1, -0.05) is 29.8 Å². The van der Waals surface area contributed by atoms with Gasteiger partial charge in [0.2, 0.25) is 0 Å². The minimum absolute atomic E-state index is 0.0136. The average molecular weight is 579 g/mol. The van der Waals surface area contributed by atoms with Gasteiger partial charge in [-0.25, -0.2) is 0 Å². The second kappa shape index (κ2) is 12.0. The van der Waals surface area contributed by atoms with Crippen molar-refractivity contribution in [3.63, 3.8) is 0 Å². The van der Waals surface area contributed by atoms with Gasteiger partial charge < -0.3 is 14.2 Å². The first-order chi connectivity index (χ1) is 17.1. The van der Waals surface area contributed by atoms with Crippen LogP contribution in [0.2, 0.25) is 0 Å². The molecule has 190 valence electrons. The third kappa shape index (κ3) is 6.85.